The zero-order valence-electron chi connectivity index (χ0n) is 7.56. The summed E-state index contributed by atoms with van der Waals surface area (Å²) < 4.78 is 0. The van der Waals surface area contributed by atoms with Crippen molar-refractivity contribution in [2.75, 3.05) is 0 Å². The lowest BCUT2D eigenvalue weighted by Gasteiger charge is -2.00. The summed E-state index contributed by atoms with van der Waals surface area (Å²) >= 11 is 0. The highest BCUT2D eigenvalue weighted by Gasteiger charge is 2.10. The summed E-state index contributed by atoms with van der Waals surface area (Å²) in [5.41, 5.74) is 1.06. The second-order valence-electron chi connectivity index (χ2n) is 2.95. The molecule has 74 valence electrons. The molecule has 0 aliphatic heterocycles. The van der Waals surface area contributed by atoms with Gasteiger partial charge in [0.05, 0.1) is 11.3 Å². The van der Waals surface area contributed by atoms with Gasteiger partial charge < -0.3 is 5.11 Å². The maximum Gasteiger partial charge on any atom is 0.307 e. The van der Waals surface area contributed by atoms with Crippen LogP contribution in [0.1, 0.15) is 11.1 Å². The van der Waals surface area contributed by atoms with E-state index in [1.807, 2.05) is 0 Å². The Morgan fingerprint density at radius 3 is 2.64 bits per heavy atom. The van der Waals surface area contributed by atoms with Crippen molar-refractivity contribution < 1.29 is 14.8 Å². The molecule has 0 saturated carbocycles. The first-order valence-electron chi connectivity index (χ1n) is 3.96. The van der Waals surface area contributed by atoms with Crippen LogP contribution in [0.4, 0.5) is 5.69 Å². The van der Waals surface area contributed by atoms with Crippen molar-refractivity contribution >= 4 is 11.7 Å². The summed E-state index contributed by atoms with van der Waals surface area (Å²) in [7, 11) is 0. The fourth-order valence-corrected chi connectivity index (χ4v) is 1.21. The largest absolute Gasteiger partial charge is 0.481 e. The number of carboxylic acids is 1. The Labute approximate surface area is 80.1 Å². The van der Waals surface area contributed by atoms with Gasteiger partial charge in [-0.05, 0) is 18.6 Å². The molecule has 0 aliphatic carbocycles. The third kappa shape index (κ3) is 2.29. The summed E-state index contributed by atoms with van der Waals surface area (Å²) in [5, 5.41) is 18.9. The molecule has 0 unspecified atom stereocenters. The number of nitro groups is 1. The van der Waals surface area contributed by atoms with Gasteiger partial charge in [0.1, 0.15) is 0 Å². The highest BCUT2D eigenvalue weighted by atomic mass is 16.6. The molecule has 0 atom stereocenters. The molecule has 1 aromatic carbocycles. The molecule has 1 rings (SSSR count). The van der Waals surface area contributed by atoms with E-state index >= 15 is 0 Å². The molecule has 14 heavy (non-hydrogen) atoms. The van der Waals surface area contributed by atoms with E-state index in [0.29, 0.717) is 11.1 Å². The van der Waals surface area contributed by atoms with E-state index in [0.717, 1.165) is 0 Å². The molecule has 1 aromatic rings. The highest BCUT2D eigenvalue weighted by Crippen LogP contribution is 2.18. The minimum absolute atomic E-state index is 0.0131. The van der Waals surface area contributed by atoms with Crippen molar-refractivity contribution in [3.05, 3.63) is 39.4 Å². The maximum absolute atomic E-state index is 10.4. The third-order valence-corrected chi connectivity index (χ3v) is 1.81. The average molecular weight is 195 g/mol. The van der Waals surface area contributed by atoms with Crippen LogP contribution in [-0.4, -0.2) is 16.0 Å². The first kappa shape index (κ1) is 10.2. The monoisotopic (exact) mass is 195 g/mol. The van der Waals surface area contributed by atoms with Crippen molar-refractivity contribution in [3.63, 3.8) is 0 Å². The zero-order valence-corrected chi connectivity index (χ0v) is 7.56. The SMILES string of the molecule is Cc1cc(CC(=O)O)ccc1[N+](=O)[O-]. The molecular weight excluding hydrogens is 186 g/mol. The Balaban J connectivity index is 3.00. The van der Waals surface area contributed by atoms with Crippen LogP contribution in [0.3, 0.4) is 0 Å². The maximum atomic E-state index is 10.4. The minimum Gasteiger partial charge on any atom is -0.481 e. The number of carboxylic acid groups (broad SMARTS) is 1. The lowest BCUT2D eigenvalue weighted by molar-refractivity contribution is -0.385. The molecule has 0 aromatic heterocycles. The Morgan fingerprint density at radius 1 is 1.57 bits per heavy atom. The number of nitro benzene ring substituents is 1. The van der Waals surface area contributed by atoms with Crippen molar-refractivity contribution in [2.24, 2.45) is 0 Å². The Kier molecular flexibility index (Phi) is 2.81. The van der Waals surface area contributed by atoms with E-state index in [4.69, 9.17) is 5.11 Å². The molecule has 0 saturated heterocycles. The summed E-state index contributed by atoms with van der Waals surface area (Å²) in [6, 6.07) is 4.30. The second kappa shape index (κ2) is 3.87. The van der Waals surface area contributed by atoms with E-state index < -0.39 is 10.9 Å². The molecule has 0 bridgehead atoms. The first-order chi connectivity index (χ1) is 6.50. The van der Waals surface area contributed by atoms with Gasteiger partial charge in [-0.25, -0.2) is 0 Å². The predicted octanol–water partition coefficient (Wildman–Crippen LogP) is 1.53. The highest BCUT2D eigenvalue weighted by molar-refractivity contribution is 5.70. The van der Waals surface area contributed by atoms with Crippen LogP contribution in [-0.2, 0) is 11.2 Å². The van der Waals surface area contributed by atoms with Crippen LogP contribution >= 0.6 is 0 Å². The average Bonchev–Trinajstić information content (AvgIpc) is 2.01. The molecule has 0 radical (unpaired) electrons. The van der Waals surface area contributed by atoms with Gasteiger partial charge in [0, 0.05) is 11.6 Å². The molecule has 0 heterocycles. The molecule has 0 fully saturated rings. The molecular formula is C9H9NO4. The van der Waals surface area contributed by atoms with Crippen LogP contribution in [0.5, 0.6) is 0 Å². The normalized spacial score (nSPS) is 9.79. The van der Waals surface area contributed by atoms with Gasteiger partial charge >= 0.3 is 5.97 Å². The van der Waals surface area contributed by atoms with Crippen molar-refractivity contribution in [1.82, 2.24) is 0 Å². The molecule has 0 spiro atoms. The summed E-state index contributed by atoms with van der Waals surface area (Å²) in [6.07, 6.45) is -0.112. The fraction of sp³-hybridized carbons (Fsp3) is 0.222. The number of rotatable bonds is 3. The van der Waals surface area contributed by atoms with Crippen LogP contribution in [0, 0.1) is 17.0 Å². The summed E-state index contributed by atoms with van der Waals surface area (Å²) in [6.45, 7) is 1.59. The summed E-state index contributed by atoms with van der Waals surface area (Å²) in [4.78, 5) is 20.3. The van der Waals surface area contributed by atoms with Gasteiger partial charge in [-0.2, -0.15) is 0 Å². The molecule has 5 heteroatoms. The number of benzene rings is 1. The first-order valence-corrected chi connectivity index (χ1v) is 3.96. The molecule has 0 aliphatic rings. The van der Waals surface area contributed by atoms with Crippen LogP contribution in [0.15, 0.2) is 18.2 Å². The van der Waals surface area contributed by atoms with Gasteiger partial charge in [-0.15, -0.1) is 0 Å². The van der Waals surface area contributed by atoms with Gasteiger partial charge in [0.25, 0.3) is 5.69 Å². The standard InChI is InChI=1S/C9H9NO4/c1-6-4-7(5-9(11)12)2-3-8(6)10(13)14/h2-4H,5H2,1H3,(H,11,12). The van der Waals surface area contributed by atoms with E-state index in [1.54, 1.807) is 6.92 Å². The van der Waals surface area contributed by atoms with Gasteiger partial charge in [-0.1, -0.05) is 6.07 Å². The quantitative estimate of drug-likeness (QED) is 0.585. The van der Waals surface area contributed by atoms with E-state index in [2.05, 4.69) is 0 Å². The van der Waals surface area contributed by atoms with Gasteiger partial charge in [-0.3, -0.25) is 14.9 Å². The van der Waals surface area contributed by atoms with Crippen LogP contribution in [0.25, 0.3) is 0 Å². The van der Waals surface area contributed by atoms with Crippen molar-refractivity contribution in [3.8, 4) is 0 Å². The zero-order chi connectivity index (χ0) is 10.7. The van der Waals surface area contributed by atoms with Crippen LogP contribution < -0.4 is 0 Å². The third-order valence-electron chi connectivity index (χ3n) is 1.81. The predicted molar refractivity (Wildman–Crippen MR) is 49.2 cm³/mol. The number of aliphatic carboxylic acids is 1. The fourth-order valence-electron chi connectivity index (χ4n) is 1.21. The number of nitrogens with zero attached hydrogens (tertiary/aromatic N) is 1. The van der Waals surface area contributed by atoms with E-state index in [1.165, 1.54) is 18.2 Å². The molecule has 1 N–H and O–H groups in total. The van der Waals surface area contributed by atoms with E-state index in [9.17, 15) is 14.9 Å². The van der Waals surface area contributed by atoms with E-state index in [-0.39, 0.29) is 12.1 Å². The lowest BCUT2D eigenvalue weighted by Crippen LogP contribution is -2.01. The van der Waals surface area contributed by atoms with Gasteiger partial charge in [0.2, 0.25) is 0 Å². The Bertz CT molecular complexity index is 386. The second-order valence-corrected chi connectivity index (χ2v) is 2.95. The molecule has 5 nitrogen and oxygen atoms in total. The minimum atomic E-state index is -0.946. The van der Waals surface area contributed by atoms with Crippen molar-refractivity contribution in [1.29, 1.82) is 0 Å². The lowest BCUT2D eigenvalue weighted by atomic mass is 10.1. The van der Waals surface area contributed by atoms with Gasteiger partial charge in [0.15, 0.2) is 0 Å². The number of aryl methyl sites for hydroxylation is 1. The molecule has 0 amide bonds. The van der Waals surface area contributed by atoms with Crippen LogP contribution in [0.2, 0.25) is 0 Å². The van der Waals surface area contributed by atoms with Crippen molar-refractivity contribution in [2.45, 2.75) is 13.3 Å². The number of hydrogen-bond donors (Lipinski definition) is 1. The topological polar surface area (TPSA) is 80.4 Å². The number of carbonyl (C=O) groups is 1. The Morgan fingerprint density at radius 2 is 2.21 bits per heavy atom. The smallest absolute Gasteiger partial charge is 0.307 e. The Hall–Kier alpha value is -1.91. The number of hydrogen-bond acceptors (Lipinski definition) is 3. The summed E-state index contributed by atoms with van der Waals surface area (Å²) in [5.74, 6) is -0.946.